The van der Waals surface area contributed by atoms with Gasteiger partial charge in [-0.05, 0) is 38.4 Å². The summed E-state index contributed by atoms with van der Waals surface area (Å²) in [4.78, 5) is 21.8. The molecule has 1 aliphatic carbocycles. The van der Waals surface area contributed by atoms with Crippen LogP contribution in [0.2, 0.25) is 0 Å². The van der Waals surface area contributed by atoms with Gasteiger partial charge in [-0.3, -0.25) is 4.79 Å². The summed E-state index contributed by atoms with van der Waals surface area (Å²) in [5, 5.41) is 14.8. The molecule has 0 aromatic heterocycles. The van der Waals surface area contributed by atoms with Gasteiger partial charge in [-0.1, -0.05) is 0 Å². The summed E-state index contributed by atoms with van der Waals surface area (Å²) in [6.45, 7) is 0.415. The summed E-state index contributed by atoms with van der Waals surface area (Å²) in [7, 11) is 0. The second-order valence-electron chi connectivity index (χ2n) is 4.61. The van der Waals surface area contributed by atoms with E-state index in [0.717, 1.165) is 30.9 Å². The Morgan fingerprint density at radius 3 is 2.50 bits per heavy atom. The first-order chi connectivity index (χ1) is 8.61. The van der Waals surface area contributed by atoms with E-state index in [4.69, 9.17) is 5.11 Å². The van der Waals surface area contributed by atoms with Crippen molar-refractivity contribution in [3.05, 3.63) is 0 Å². The first-order valence-corrected chi connectivity index (χ1v) is 7.69. The van der Waals surface area contributed by atoms with Gasteiger partial charge in [-0.25, -0.2) is 4.79 Å². The van der Waals surface area contributed by atoms with Crippen LogP contribution >= 0.6 is 11.8 Å². The van der Waals surface area contributed by atoms with E-state index in [9.17, 15) is 9.59 Å². The number of hydrogen-bond donors (Lipinski definition) is 3. The van der Waals surface area contributed by atoms with Gasteiger partial charge in [0.2, 0.25) is 0 Å². The average molecular weight is 274 g/mol. The minimum atomic E-state index is -0.826. The molecule has 0 atom stereocenters. The zero-order valence-electron chi connectivity index (χ0n) is 10.8. The molecule has 0 unspecified atom stereocenters. The van der Waals surface area contributed by atoms with Crippen molar-refractivity contribution in [2.45, 2.75) is 49.8 Å². The van der Waals surface area contributed by atoms with Gasteiger partial charge in [0, 0.05) is 24.3 Å². The number of nitrogens with one attached hydrogen (secondary N) is 2. The molecule has 0 saturated heterocycles. The van der Waals surface area contributed by atoms with Gasteiger partial charge < -0.3 is 15.7 Å². The summed E-state index contributed by atoms with van der Waals surface area (Å²) in [5.74, 6) is -0.826. The van der Waals surface area contributed by atoms with Gasteiger partial charge in [0.15, 0.2) is 0 Å². The molecule has 0 aromatic rings. The number of hydrogen-bond acceptors (Lipinski definition) is 3. The van der Waals surface area contributed by atoms with Crippen LogP contribution in [0.3, 0.4) is 0 Å². The van der Waals surface area contributed by atoms with Crippen molar-refractivity contribution in [1.29, 1.82) is 0 Å². The van der Waals surface area contributed by atoms with Crippen LogP contribution in [0.5, 0.6) is 0 Å². The van der Waals surface area contributed by atoms with Gasteiger partial charge in [-0.2, -0.15) is 11.8 Å². The Labute approximate surface area is 112 Å². The molecule has 0 heterocycles. The van der Waals surface area contributed by atoms with Crippen LogP contribution in [0.4, 0.5) is 4.79 Å². The first-order valence-electron chi connectivity index (χ1n) is 6.40. The number of thioether (sulfide) groups is 1. The second kappa shape index (κ2) is 8.24. The van der Waals surface area contributed by atoms with Crippen LogP contribution in [0.1, 0.15) is 38.5 Å². The highest BCUT2D eigenvalue weighted by atomic mass is 32.2. The number of carboxylic acids is 1. The molecule has 2 amide bonds. The molecular weight excluding hydrogens is 252 g/mol. The van der Waals surface area contributed by atoms with Crippen LogP contribution in [-0.2, 0) is 4.79 Å². The first kappa shape index (κ1) is 15.1. The maximum atomic E-state index is 11.5. The van der Waals surface area contributed by atoms with E-state index in [1.165, 1.54) is 0 Å². The van der Waals surface area contributed by atoms with Crippen molar-refractivity contribution in [1.82, 2.24) is 10.6 Å². The number of carbonyl (C=O) groups is 2. The highest BCUT2D eigenvalue weighted by molar-refractivity contribution is 7.99. The van der Waals surface area contributed by atoms with Crippen LogP contribution in [0.15, 0.2) is 0 Å². The SMILES string of the molecule is CSC1CCC(NC(=O)NCCCC(=O)O)CC1. The van der Waals surface area contributed by atoms with Gasteiger partial charge in [0.1, 0.15) is 0 Å². The predicted molar refractivity (Wildman–Crippen MR) is 73.0 cm³/mol. The largest absolute Gasteiger partial charge is 0.481 e. The fraction of sp³-hybridized carbons (Fsp3) is 0.833. The third-order valence-electron chi connectivity index (χ3n) is 3.20. The van der Waals surface area contributed by atoms with E-state index < -0.39 is 5.97 Å². The van der Waals surface area contributed by atoms with E-state index in [1.807, 2.05) is 11.8 Å². The van der Waals surface area contributed by atoms with Crippen molar-refractivity contribution >= 4 is 23.8 Å². The summed E-state index contributed by atoms with van der Waals surface area (Å²) in [6.07, 6.45) is 7.09. The van der Waals surface area contributed by atoms with Crippen molar-refractivity contribution in [3.63, 3.8) is 0 Å². The van der Waals surface area contributed by atoms with E-state index >= 15 is 0 Å². The molecule has 0 spiro atoms. The Hall–Kier alpha value is -0.910. The standard InChI is InChI=1S/C12H22N2O3S/c1-18-10-6-4-9(5-7-10)14-12(17)13-8-2-3-11(15)16/h9-10H,2-8H2,1H3,(H,15,16)(H2,13,14,17). The third-order valence-corrected chi connectivity index (χ3v) is 4.33. The van der Waals surface area contributed by atoms with Crippen molar-refractivity contribution < 1.29 is 14.7 Å². The molecule has 1 aliphatic rings. The zero-order chi connectivity index (χ0) is 13.4. The normalized spacial score (nSPS) is 23.4. The Morgan fingerprint density at radius 2 is 1.94 bits per heavy atom. The average Bonchev–Trinajstić information content (AvgIpc) is 2.35. The minimum absolute atomic E-state index is 0.0963. The van der Waals surface area contributed by atoms with Gasteiger partial charge in [0.25, 0.3) is 0 Å². The Bertz CT molecular complexity index is 278. The fourth-order valence-electron chi connectivity index (χ4n) is 2.12. The molecule has 0 aliphatic heterocycles. The van der Waals surface area contributed by atoms with Crippen molar-refractivity contribution in [2.24, 2.45) is 0 Å². The minimum Gasteiger partial charge on any atom is -0.481 e. The highest BCUT2D eigenvalue weighted by Gasteiger charge is 2.21. The lowest BCUT2D eigenvalue weighted by atomic mass is 9.95. The van der Waals surface area contributed by atoms with Crippen molar-refractivity contribution in [3.8, 4) is 0 Å². The molecule has 5 nitrogen and oxygen atoms in total. The lowest BCUT2D eigenvalue weighted by Gasteiger charge is -2.28. The van der Waals surface area contributed by atoms with Crippen LogP contribution in [0.25, 0.3) is 0 Å². The molecule has 1 fully saturated rings. The van der Waals surface area contributed by atoms with Crippen LogP contribution < -0.4 is 10.6 Å². The number of carboxylic acid groups (broad SMARTS) is 1. The summed E-state index contributed by atoms with van der Waals surface area (Å²) in [5.41, 5.74) is 0. The number of aliphatic carboxylic acids is 1. The maximum Gasteiger partial charge on any atom is 0.315 e. The van der Waals surface area contributed by atoms with Crippen LogP contribution in [0, 0.1) is 0 Å². The maximum absolute atomic E-state index is 11.5. The van der Waals surface area contributed by atoms with Gasteiger partial charge in [0.05, 0.1) is 0 Å². The third kappa shape index (κ3) is 6.14. The molecule has 6 heteroatoms. The molecule has 0 aromatic carbocycles. The number of carbonyl (C=O) groups excluding carboxylic acids is 1. The van der Waals surface area contributed by atoms with Crippen molar-refractivity contribution in [2.75, 3.05) is 12.8 Å². The van der Waals surface area contributed by atoms with Crippen LogP contribution in [-0.4, -0.2) is 41.2 Å². The fourth-order valence-corrected chi connectivity index (χ4v) is 2.86. The van der Waals surface area contributed by atoms with Gasteiger partial charge in [-0.15, -0.1) is 0 Å². The molecule has 0 bridgehead atoms. The quantitative estimate of drug-likeness (QED) is 0.646. The molecule has 1 saturated carbocycles. The zero-order valence-corrected chi connectivity index (χ0v) is 11.6. The van der Waals surface area contributed by atoms with E-state index in [1.54, 1.807) is 0 Å². The molecule has 0 radical (unpaired) electrons. The smallest absolute Gasteiger partial charge is 0.315 e. The Balaban J connectivity index is 2.08. The lowest BCUT2D eigenvalue weighted by molar-refractivity contribution is -0.137. The highest BCUT2D eigenvalue weighted by Crippen LogP contribution is 2.26. The Kier molecular flexibility index (Phi) is 6.93. The number of amides is 2. The summed E-state index contributed by atoms with van der Waals surface area (Å²) in [6, 6.07) is 0.0980. The molecule has 104 valence electrons. The lowest BCUT2D eigenvalue weighted by Crippen LogP contribution is -2.44. The predicted octanol–water partition coefficient (Wildman–Crippen LogP) is 1.82. The molecular formula is C12H22N2O3S. The van der Waals surface area contributed by atoms with E-state index in [0.29, 0.717) is 13.0 Å². The molecule has 1 rings (SSSR count). The van der Waals surface area contributed by atoms with E-state index in [-0.39, 0.29) is 18.5 Å². The monoisotopic (exact) mass is 274 g/mol. The number of rotatable bonds is 6. The Morgan fingerprint density at radius 1 is 1.28 bits per heavy atom. The van der Waals surface area contributed by atoms with E-state index in [2.05, 4.69) is 16.9 Å². The summed E-state index contributed by atoms with van der Waals surface area (Å²) < 4.78 is 0. The molecule has 18 heavy (non-hydrogen) atoms. The molecule has 3 N–H and O–H groups in total. The second-order valence-corrected chi connectivity index (χ2v) is 5.74. The van der Waals surface area contributed by atoms with Gasteiger partial charge >= 0.3 is 12.0 Å². The topological polar surface area (TPSA) is 78.4 Å². The summed E-state index contributed by atoms with van der Waals surface area (Å²) >= 11 is 1.90. The number of urea groups is 1.